The highest BCUT2D eigenvalue weighted by Crippen LogP contribution is 2.22. The van der Waals surface area contributed by atoms with Gasteiger partial charge < -0.3 is 5.32 Å². The SMILES string of the molecule is CCCC(NCC)C(CC)N1CCC(N(CC)CC)C1. The van der Waals surface area contributed by atoms with Crippen LogP contribution in [0, 0.1) is 0 Å². The first-order valence-electron chi connectivity index (χ1n) is 8.93. The summed E-state index contributed by atoms with van der Waals surface area (Å²) < 4.78 is 0. The minimum absolute atomic E-state index is 0.672. The first kappa shape index (κ1) is 17.9. The molecule has 0 radical (unpaired) electrons. The zero-order chi connectivity index (χ0) is 15.0. The number of rotatable bonds is 10. The van der Waals surface area contributed by atoms with Gasteiger partial charge >= 0.3 is 0 Å². The van der Waals surface area contributed by atoms with Crippen LogP contribution in [0.15, 0.2) is 0 Å². The van der Waals surface area contributed by atoms with Gasteiger partial charge in [0.2, 0.25) is 0 Å². The van der Waals surface area contributed by atoms with Gasteiger partial charge in [-0.1, -0.05) is 41.0 Å². The molecule has 3 atom stereocenters. The van der Waals surface area contributed by atoms with E-state index in [1.807, 2.05) is 0 Å². The first-order chi connectivity index (χ1) is 9.71. The summed E-state index contributed by atoms with van der Waals surface area (Å²) in [5.41, 5.74) is 0. The van der Waals surface area contributed by atoms with Crippen molar-refractivity contribution in [3.63, 3.8) is 0 Å². The molecule has 1 aliphatic rings. The summed E-state index contributed by atoms with van der Waals surface area (Å²) >= 11 is 0. The van der Waals surface area contributed by atoms with Crippen LogP contribution in [-0.2, 0) is 0 Å². The molecule has 3 nitrogen and oxygen atoms in total. The van der Waals surface area contributed by atoms with Gasteiger partial charge in [-0.15, -0.1) is 0 Å². The van der Waals surface area contributed by atoms with E-state index in [9.17, 15) is 0 Å². The van der Waals surface area contributed by atoms with Crippen LogP contribution in [0.3, 0.4) is 0 Å². The molecule has 20 heavy (non-hydrogen) atoms. The van der Waals surface area contributed by atoms with E-state index in [0.717, 1.165) is 18.6 Å². The van der Waals surface area contributed by atoms with Crippen molar-refractivity contribution in [3.05, 3.63) is 0 Å². The van der Waals surface area contributed by atoms with Crippen LogP contribution in [0.5, 0.6) is 0 Å². The summed E-state index contributed by atoms with van der Waals surface area (Å²) in [6.07, 6.45) is 5.20. The molecule has 0 aromatic heterocycles. The van der Waals surface area contributed by atoms with Gasteiger partial charge in [-0.2, -0.15) is 0 Å². The zero-order valence-electron chi connectivity index (χ0n) is 14.5. The lowest BCUT2D eigenvalue weighted by Crippen LogP contribution is -2.50. The van der Waals surface area contributed by atoms with E-state index in [1.165, 1.54) is 51.9 Å². The van der Waals surface area contributed by atoms with Crippen LogP contribution in [0.2, 0.25) is 0 Å². The monoisotopic (exact) mass is 283 g/mol. The summed E-state index contributed by atoms with van der Waals surface area (Å²) in [5, 5.41) is 3.73. The minimum Gasteiger partial charge on any atom is -0.313 e. The minimum atomic E-state index is 0.672. The maximum Gasteiger partial charge on any atom is 0.0247 e. The molecule has 0 saturated carbocycles. The molecule has 0 bridgehead atoms. The first-order valence-corrected chi connectivity index (χ1v) is 8.93. The van der Waals surface area contributed by atoms with Crippen molar-refractivity contribution in [1.82, 2.24) is 15.1 Å². The fourth-order valence-corrected chi connectivity index (χ4v) is 3.91. The van der Waals surface area contributed by atoms with E-state index in [2.05, 4.69) is 49.7 Å². The maximum atomic E-state index is 3.73. The smallest absolute Gasteiger partial charge is 0.0247 e. The Bertz CT molecular complexity index is 234. The summed E-state index contributed by atoms with van der Waals surface area (Å²) in [4.78, 5) is 5.39. The lowest BCUT2D eigenvalue weighted by Gasteiger charge is -2.35. The molecule has 0 amide bonds. The molecule has 1 N–H and O–H groups in total. The summed E-state index contributed by atoms with van der Waals surface area (Å²) in [5.74, 6) is 0. The molecule has 0 spiro atoms. The molecule has 1 fully saturated rings. The highest BCUT2D eigenvalue weighted by atomic mass is 15.3. The van der Waals surface area contributed by atoms with E-state index in [-0.39, 0.29) is 0 Å². The molecule has 0 aromatic carbocycles. The standard InChI is InChI=1S/C17H37N3/c1-6-11-16(18-8-3)17(7-2)20-13-12-15(14-20)19(9-4)10-5/h15-18H,6-14H2,1-5H3. The largest absolute Gasteiger partial charge is 0.313 e. The molecule has 3 heteroatoms. The predicted molar refractivity (Wildman–Crippen MR) is 89.4 cm³/mol. The number of likely N-dealkylation sites (tertiary alicyclic amines) is 1. The normalized spacial score (nSPS) is 23.4. The van der Waals surface area contributed by atoms with Gasteiger partial charge in [-0.05, 0) is 38.9 Å². The Kier molecular flexibility index (Phi) is 8.74. The molecule has 3 unspecified atom stereocenters. The third-order valence-corrected chi connectivity index (χ3v) is 4.94. The Morgan fingerprint density at radius 3 is 2.35 bits per heavy atom. The lowest BCUT2D eigenvalue weighted by atomic mass is 9.99. The van der Waals surface area contributed by atoms with Crippen molar-refractivity contribution < 1.29 is 0 Å². The molecule has 1 heterocycles. The van der Waals surface area contributed by atoms with Crippen LogP contribution in [0.1, 0.15) is 60.3 Å². The number of hydrogen-bond donors (Lipinski definition) is 1. The van der Waals surface area contributed by atoms with Gasteiger partial charge in [0.25, 0.3) is 0 Å². The van der Waals surface area contributed by atoms with E-state index in [0.29, 0.717) is 6.04 Å². The lowest BCUT2D eigenvalue weighted by molar-refractivity contribution is 0.154. The number of nitrogens with zero attached hydrogens (tertiary/aromatic N) is 2. The fraction of sp³-hybridized carbons (Fsp3) is 1.00. The Morgan fingerprint density at radius 1 is 1.15 bits per heavy atom. The summed E-state index contributed by atoms with van der Waals surface area (Å²) in [7, 11) is 0. The van der Waals surface area contributed by atoms with Crippen LogP contribution in [0.25, 0.3) is 0 Å². The van der Waals surface area contributed by atoms with Gasteiger partial charge in [0, 0.05) is 31.2 Å². The third-order valence-electron chi connectivity index (χ3n) is 4.94. The summed E-state index contributed by atoms with van der Waals surface area (Å²) in [6.45, 7) is 17.5. The Balaban J connectivity index is 2.61. The predicted octanol–water partition coefficient (Wildman–Crippen LogP) is 2.96. The van der Waals surface area contributed by atoms with E-state index < -0.39 is 0 Å². The van der Waals surface area contributed by atoms with Crippen molar-refractivity contribution in [3.8, 4) is 0 Å². The molecular formula is C17H37N3. The van der Waals surface area contributed by atoms with E-state index >= 15 is 0 Å². The highest BCUT2D eigenvalue weighted by Gasteiger charge is 2.33. The number of nitrogens with one attached hydrogen (secondary N) is 1. The second kappa shape index (κ2) is 9.75. The fourth-order valence-electron chi connectivity index (χ4n) is 3.91. The molecule has 0 aromatic rings. The van der Waals surface area contributed by atoms with Crippen molar-refractivity contribution in [2.24, 2.45) is 0 Å². The van der Waals surface area contributed by atoms with Gasteiger partial charge in [-0.3, -0.25) is 9.80 Å². The molecule has 1 aliphatic heterocycles. The Hall–Kier alpha value is -0.120. The second-order valence-electron chi connectivity index (χ2n) is 6.09. The van der Waals surface area contributed by atoms with Crippen molar-refractivity contribution in [2.75, 3.05) is 32.7 Å². The number of hydrogen-bond acceptors (Lipinski definition) is 3. The van der Waals surface area contributed by atoms with Gasteiger partial charge in [-0.25, -0.2) is 0 Å². The molecule has 1 rings (SSSR count). The van der Waals surface area contributed by atoms with E-state index in [4.69, 9.17) is 0 Å². The molecular weight excluding hydrogens is 246 g/mol. The average Bonchev–Trinajstić information content (AvgIpc) is 2.91. The van der Waals surface area contributed by atoms with Crippen molar-refractivity contribution in [2.45, 2.75) is 78.4 Å². The van der Waals surface area contributed by atoms with E-state index in [1.54, 1.807) is 0 Å². The number of likely N-dealkylation sites (N-methyl/N-ethyl adjacent to an activating group) is 2. The average molecular weight is 284 g/mol. The van der Waals surface area contributed by atoms with Crippen LogP contribution < -0.4 is 5.32 Å². The molecule has 1 saturated heterocycles. The van der Waals surface area contributed by atoms with Crippen molar-refractivity contribution >= 4 is 0 Å². The topological polar surface area (TPSA) is 18.5 Å². The van der Waals surface area contributed by atoms with Crippen LogP contribution >= 0.6 is 0 Å². The summed E-state index contributed by atoms with van der Waals surface area (Å²) in [6, 6.07) is 2.17. The Morgan fingerprint density at radius 2 is 1.85 bits per heavy atom. The molecule has 0 aliphatic carbocycles. The van der Waals surface area contributed by atoms with Gasteiger partial charge in [0.05, 0.1) is 0 Å². The highest BCUT2D eigenvalue weighted by molar-refractivity contribution is 4.91. The van der Waals surface area contributed by atoms with Crippen molar-refractivity contribution in [1.29, 1.82) is 0 Å². The second-order valence-corrected chi connectivity index (χ2v) is 6.09. The quantitative estimate of drug-likeness (QED) is 0.665. The third kappa shape index (κ3) is 4.71. The van der Waals surface area contributed by atoms with Gasteiger partial charge in [0.1, 0.15) is 0 Å². The Labute approximate surface area is 127 Å². The van der Waals surface area contributed by atoms with Crippen LogP contribution in [0.4, 0.5) is 0 Å². The maximum absolute atomic E-state index is 3.73. The zero-order valence-corrected chi connectivity index (χ0v) is 14.5. The van der Waals surface area contributed by atoms with Crippen LogP contribution in [-0.4, -0.2) is 60.6 Å². The molecule has 120 valence electrons. The van der Waals surface area contributed by atoms with Gasteiger partial charge in [0.15, 0.2) is 0 Å².